The zero-order valence-corrected chi connectivity index (χ0v) is 21.2. The minimum Gasteiger partial charge on any atom is -0.493 e. The average Bonchev–Trinajstić information content (AvgIpc) is 3.34. The number of hydrogen-bond donors (Lipinski definition) is 0. The highest BCUT2D eigenvalue weighted by Crippen LogP contribution is 2.39. The molecule has 0 aliphatic rings. The minimum absolute atomic E-state index is 0.197. The van der Waals surface area contributed by atoms with Gasteiger partial charge in [-0.05, 0) is 60.4 Å². The van der Waals surface area contributed by atoms with Gasteiger partial charge < -0.3 is 14.2 Å². The maximum atomic E-state index is 13.5. The van der Waals surface area contributed by atoms with Crippen LogP contribution in [-0.2, 0) is 11.3 Å². The van der Waals surface area contributed by atoms with E-state index in [9.17, 15) is 4.79 Å². The zero-order chi connectivity index (χ0) is 24.9. The Morgan fingerprint density at radius 2 is 1.74 bits per heavy atom. The molecule has 2 aromatic carbocycles. The molecule has 1 amide bonds. The number of aromatic nitrogens is 2. The maximum Gasteiger partial charge on any atom is 0.253 e. The molecule has 0 fully saturated rings. The number of fused-ring (bicyclic) bond motifs is 1. The fourth-order valence-electron chi connectivity index (χ4n) is 3.73. The Bertz CT molecular complexity index is 1320. The summed E-state index contributed by atoms with van der Waals surface area (Å²) in [7, 11) is 4.67. The molecule has 2 heterocycles. The number of amides is 1. The molecule has 0 unspecified atom stereocenters. The summed E-state index contributed by atoms with van der Waals surface area (Å²) < 4.78 is 17.3. The molecule has 180 valence electrons. The number of benzene rings is 2. The van der Waals surface area contributed by atoms with E-state index in [1.165, 1.54) is 17.4 Å². The molecule has 0 saturated carbocycles. The van der Waals surface area contributed by atoms with Crippen molar-refractivity contribution in [2.75, 3.05) is 26.2 Å². The lowest BCUT2D eigenvalue weighted by atomic mass is 10.1. The maximum absolute atomic E-state index is 13.5. The molecule has 4 aromatic rings. The molecule has 0 aliphatic heterocycles. The van der Waals surface area contributed by atoms with Gasteiger partial charge in [-0.25, -0.2) is 4.98 Å². The van der Waals surface area contributed by atoms with E-state index in [2.05, 4.69) is 24.0 Å². The van der Waals surface area contributed by atoms with Gasteiger partial charge in [-0.2, -0.15) is 0 Å². The SMILES string of the molecule is COc1cc(/C=C/C(=O)N(Cc2cccnc2)c2nc3c(C)ccc(C)c3s2)cc(OC)c1OC. The molecular weight excluding hydrogens is 462 g/mol. The summed E-state index contributed by atoms with van der Waals surface area (Å²) in [5, 5.41) is 0.640. The van der Waals surface area contributed by atoms with Crippen LogP contribution in [0.1, 0.15) is 22.3 Å². The second kappa shape index (κ2) is 10.6. The van der Waals surface area contributed by atoms with Crippen LogP contribution >= 0.6 is 11.3 Å². The number of pyridine rings is 1. The summed E-state index contributed by atoms with van der Waals surface area (Å²) in [4.78, 5) is 24.2. The molecule has 35 heavy (non-hydrogen) atoms. The van der Waals surface area contributed by atoms with E-state index in [0.29, 0.717) is 28.9 Å². The molecule has 0 saturated heterocycles. The zero-order valence-electron chi connectivity index (χ0n) is 20.4. The Kier molecular flexibility index (Phi) is 7.31. The lowest BCUT2D eigenvalue weighted by Gasteiger charge is -2.18. The molecule has 0 aliphatic carbocycles. The third-order valence-corrected chi connectivity index (χ3v) is 6.81. The van der Waals surface area contributed by atoms with Gasteiger partial charge in [0.1, 0.15) is 0 Å². The third kappa shape index (κ3) is 5.12. The molecule has 0 spiro atoms. The van der Waals surface area contributed by atoms with Crippen LogP contribution in [0.4, 0.5) is 5.13 Å². The molecule has 0 radical (unpaired) electrons. The number of nitrogens with zero attached hydrogens (tertiary/aromatic N) is 3. The van der Waals surface area contributed by atoms with Gasteiger partial charge in [0, 0.05) is 18.5 Å². The highest BCUT2D eigenvalue weighted by Gasteiger charge is 2.20. The molecule has 4 rings (SSSR count). The van der Waals surface area contributed by atoms with Gasteiger partial charge in [-0.1, -0.05) is 29.5 Å². The predicted molar refractivity (Wildman–Crippen MR) is 140 cm³/mol. The number of aryl methyl sites for hydroxylation is 2. The largest absolute Gasteiger partial charge is 0.493 e. The number of anilines is 1. The average molecular weight is 490 g/mol. The summed E-state index contributed by atoms with van der Waals surface area (Å²) in [6.45, 7) is 4.44. The molecule has 0 N–H and O–H groups in total. The van der Waals surface area contributed by atoms with Crippen molar-refractivity contribution in [1.29, 1.82) is 0 Å². The van der Waals surface area contributed by atoms with Gasteiger partial charge in [0.05, 0.1) is 38.1 Å². The van der Waals surface area contributed by atoms with Crippen molar-refractivity contribution in [2.45, 2.75) is 20.4 Å². The van der Waals surface area contributed by atoms with Gasteiger partial charge in [-0.15, -0.1) is 0 Å². The van der Waals surface area contributed by atoms with Crippen LogP contribution in [0.3, 0.4) is 0 Å². The topological polar surface area (TPSA) is 73.8 Å². The van der Waals surface area contributed by atoms with E-state index in [1.807, 2.05) is 19.1 Å². The fraction of sp³-hybridized carbons (Fsp3) is 0.222. The molecule has 8 heteroatoms. The molecular formula is C27H27N3O4S. The van der Waals surface area contributed by atoms with Crippen molar-refractivity contribution in [3.8, 4) is 17.2 Å². The lowest BCUT2D eigenvalue weighted by molar-refractivity contribution is -0.114. The van der Waals surface area contributed by atoms with Gasteiger partial charge in [0.2, 0.25) is 5.75 Å². The van der Waals surface area contributed by atoms with Crippen LogP contribution < -0.4 is 19.1 Å². The predicted octanol–water partition coefficient (Wildman–Crippen LogP) is 5.58. The first-order chi connectivity index (χ1) is 16.9. The van der Waals surface area contributed by atoms with Crippen LogP contribution in [-0.4, -0.2) is 37.2 Å². The number of carbonyl (C=O) groups is 1. The van der Waals surface area contributed by atoms with Crippen LogP contribution in [0.2, 0.25) is 0 Å². The van der Waals surface area contributed by atoms with Crippen LogP contribution in [0.25, 0.3) is 16.3 Å². The second-order valence-electron chi connectivity index (χ2n) is 7.95. The van der Waals surface area contributed by atoms with Crippen molar-refractivity contribution < 1.29 is 19.0 Å². The molecule has 0 atom stereocenters. The summed E-state index contributed by atoms with van der Waals surface area (Å²) >= 11 is 1.52. The van der Waals surface area contributed by atoms with Gasteiger partial charge in [0.25, 0.3) is 5.91 Å². The summed E-state index contributed by atoms with van der Waals surface area (Å²) in [5.41, 5.74) is 4.79. The van der Waals surface area contributed by atoms with Crippen molar-refractivity contribution in [3.63, 3.8) is 0 Å². The Morgan fingerprint density at radius 3 is 2.34 bits per heavy atom. The highest BCUT2D eigenvalue weighted by atomic mass is 32.1. The summed E-state index contributed by atoms with van der Waals surface area (Å²) in [6.07, 6.45) is 6.73. The number of hydrogen-bond acceptors (Lipinski definition) is 7. The Balaban J connectivity index is 1.72. The van der Waals surface area contributed by atoms with Gasteiger partial charge in [-0.3, -0.25) is 14.7 Å². The van der Waals surface area contributed by atoms with E-state index in [4.69, 9.17) is 19.2 Å². The highest BCUT2D eigenvalue weighted by molar-refractivity contribution is 7.22. The first kappa shape index (κ1) is 24.2. The van der Waals surface area contributed by atoms with E-state index in [1.54, 1.807) is 56.8 Å². The third-order valence-electron chi connectivity index (χ3n) is 5.60. The van der Waals surface area contributed by atoms with Crippen LogP contribution in [0.5, 0.6) is 17.2 Å². The Hall–Kier alpha value is -3.91. The van der Waals surface area contributed by atoms with Crippen molar-refractivity contribution in [1.82, 2.24) is 9.97 Å². The van der Waals surface area contributed by atoms with Crippen molar-refractivity contribution in [3.05, 3.63) is 77.1 Å². The molecule has 2 aromatic heterocycles. The van der Waals surface area contributed by atoms with E-state index in [0.717, 1.165) is 32.5 Å². The first-order valence-electron chi connectivity index (χ1n) is 11.0. The standard InChI is InChI=1S/C27H27N3O4S/c1-17-8-9-18(2)26-24(17)29-27(35-26)30(16-20-7-6-12-28-15-20)23(31)11-10-19-13-21(32-3)25(34-5)22(14-19)33-4/h6-15H,16H2,1-5H3/b11-10+. The number of carbonyl (C=O) groups excluding carboxylic acids is 1. The smallest absolute Gasteiger partial charge is 0.253 e. The van der Waals surface area contributed by atoms with E-state index < -0.39 is 0 Å². The van der Waals surface area contributed by atoms with Crippen molar-refractivity contribution >= 4 is 38.7 Å². The minimum atomic E-state index is -0.197. The van der Waals surface area contributed by atoms with Crippen LogP contribution in [0.15, 0.2) is 54.9 Å². The monoisotopic (exact) mass is 489 g/mol. The fourth-order valence-corrected chi connectivity index (χ4v) is 4.85. The van der Waals surface area contributed by atoms with E-state index >= 15 is 0 Å². The second-order valence-corrected chi connectivity index (χ2v) is 8.93. The number of thiazole rings is 1. The van der Waals surface area contributed by atoms with Crippen LogP contribution in [0, 0.1) is 13.8 Å². The lowest BCUT2D eigenvalue weighted by Crippen LogP contribution is -2.28. The number of ether oxygens (including phenoxy) is 3. The molecule has 7 nitrogen and oxygen atoms in total. The van der Waals surface area contributed by atoms with E-state index in [-0.39, 0.29) is 5.91 Å². The summed E-state index contributed by atoms with van der Waals surface area (Å²) in [5.74, 6) is 1.33. The Labute approximate surface area is 208 Å². The van der Waals surface area contributed by atoms with Gasteiger partial charge in [0.15, 0.2) is 16.6 Å². The number of methoxy groups -OCH3 is 3. The van der Waals surface area contributed by atoms with Gasteiger partial charge >= 0.3 is 0 Å². The molecule has 0 bridgehead atoms. The summed E-state index contributed by atoms with van der Waals surface area (Å²) in [6, 6.07) is 11.5. The first-order valence-corrected chi connectivity index (χ1v) is 11.8. The quantitative estimate of drug-likeness (QED) is 0.301. The van der Waals surface area contributed by atoms with Crippen molar-refractivity contribution in [2.24, 2.45) is 0 Å². The Morgan fingerprint density at radius 1 is 1.03 bits per heavy atom. The normalized spacial score (nSPS) is 11.1. The number of rotatable bonds is 8.